The van der Waals surface area contributed by atoms with Gasteiger partial charge in [-0.25, -0.2) is 9.97 Å². The molecule has 0 aliphatic rings. The molecule has 2 aromatic heterocycles. The minimum Gasteiger partial charge on any atom is -0.508 e. The number of carbonyl (C=O) groups is 2. The quantitative estimate of drug-likeness (QED) is 0.179. The molecule has 10 heteroatoms. The fraction of sp³-hybridized carbons (Fsp3) is 0.310. The van der Waals surface area contributed by atoms with Crippen molar-refractivity contribution in [3.63, 3.8) is 0 Å². The highest BCUT2D eigenvalue weighted by Crippen LogP contribution is 2.29. The zero-order chi connectivity index (χ0) is 27.9. The molecule has 4 aromatic rings. The summed E-state index contributed by atoms with van der Waals surface area (Å²) < 4.78 is 1.92. The van der Waals surface area contributed by atoms with E-state index in [0.29, 0.717) is 35.4 Å². The average molecular weight is 547 g/mol. The molecule has 2 amide bonds. The number of phenols is 1. The second kappa shape index (κ2) is 12.7. The number of hydrogen-bond donors (Lipinski definition) is 3. The Morgan fingerprint density at radius 2 is 1.79 bits per heavy atom. The largest absolute Gasteiger partial charge is 0.508 e. The number of aromatic hydroxyl groups is 1. The monoisotopic (exact) mass is 546 g/mol. The van der Waals surface area contributed by atoms with Crippen molar-refractivity contribution in [2.45, 2.75) is 38.5 Å². The Morgan fingerprint density at radius 1 is 1.08 bits per heavy atom. The van der Waals surface area contributed by atoms with E-state index in [1.54, 1.807) is 12.1 Å². The van der Waals surface area contributed by atoms with E-state index in [-0.39, 0.29) is 30.7 Å². The Kier molecular flexibility index (Phi) is 9.08. The Morgan fingerprint density at radius 3 is 2.44 bits per heavy atom. The Labute approximate surface area is 232 Å². The third-order valence-electron chi connectivity index (χ3n) is 6.17. The van der Waals surface area contributed by atoms with Crippen LogP contribution in [0.4, 0.5) is 5.82 Å². The second-order valence-electron chi connectivity index (χ2n) is 9.79. The molecular formula is C29H34N6O3S. The molecule has 204 valence electrons. The normalized spacial score (nSPS) is 11.2. The number of thioether (sulfide) groups is 1. The lowest BCUT2D eigenvalue weighted by Gasteiger charge is -2.22. The fourth-order valence-electron chi connectivity index (χ4n) is 4.40. The highest BCUT2D eigenvalue weighted by Gasteiger charge is 2.26. The first-order chi connectivity index (χ1) is 18.7. The first-order valence-electron chi connectivity index (χ1n) is 12.8. The lowest BCUT2D eigenvalue weighted by molar-refractivity contribution is -0.118. The van der Waals surface area contributed by atoms with Crippen LogP contribution in [0.15, 0.2) is 65.8 Å². The summed E-state index contributed by atoms with van der Waals surface area (Å²) in [7, 11) is 0. The lowest BCUT2D eigenvalue weighted by atomic mass is 10.1. The summed E-state index contributed by atoms with van der Waals surface area (Å²) >= 11 is 1.43. The van der Waals surface area contributed by atoms with Crippen molar-refractivity contribution < 1.29 is 14.7 Å². The van der Waals surface area contributed by atoms with Gasteiger partial charge in [0.05, 0.1) is 5.39 Å². The first kappa shape index (κ1) is 28.0. The number of nitrogens with two attached hydrogens (primary N) is 1. The molecule has 9 nitrogen and oxygen atoms in total. The van der Waals surface area contributed by atoms with Gasteiger partial charge in [0.2, 0.25) is 5.91 Å². The molecule has 0 saturated carbocycles. The predicted molar refractivity (Wildman–Crippen MR) is 155 cm³/mol. The maximum Gasteiger partial charge on any atom is 0.271 e. The molecular weight excluding hydrogens is 512 g/mol. The van der Waals surface area contributed by atoms with Crippen LogP contribution in [-0.2, 0) is 24.3 Å². The van der Waals surface area contributed by atoms with Crippen LogP contribution in [0.1, 0.15) is 35.5 Å². The maximum absolute atomic E-state index is 14.0. The van der Waals surface area contributed by atoms with Crippen LogP contribution in [0.25, 0.3) is 11.0 Å². The number of amides is 2. The molecule has 0 fully saturated rings. The third kappa shape index (κ3) is 7.08. The molecule has 0 unspecified atom stereocenters. The van der Waals surface area contributed by atoms with Crippen molar-refractivity contribution in [2.75, 3.05) is 24.7 Å². The summed E-state index contributed by atoms with van der Waals surface area (Å²) in [6.07, 6.45) is 2.64. The third-order valence-corrected chi connectivity index (χ3v) is 6.72. The van der Waals surface area contributed by atoms with Crippen molar-refractivity contribution in [1.29, 1.82) is 0 Å². The van der Waals surface area contributed by atoms with Crippen LogP contribution in [-0.4, -0.2) is 55.7 Å². The molecule has 0 radical (unpaired) electrons. The van der Waals surface area contributed by atoms with Gasteiger partial charge in [-0.1, -0.05) is 68.1 Å². The fourth-order valence-corrected chi connectivity index (χ4v) is 4.76. The molecule has 4 N–H and O–H groups in total. The Bertz CT molecular complexity index is 1440. The van der Waals surface area contributed by atoms with Gasteiger partial charge in [0.25, 0.3) is 5.91 Å². The van der Waals surface area contributed by atoms with Crippen LogP contribution in [0.5, 0.6) is 5.75 Å². The number of phenolic OH excluding ortho intramolecular Hbond substituents is 1. The SMILES string of the molecule is CSc1nc(NCCc2ccc(O)cc2)c2cc(C(=O)N(CC(N)=O)Cc3ccccc3)n(CC(C)C)c2n1. The summed E-state index contributed by atoms with van der Waals surface area (Å²) in [4.78, 5) is 36.8. The van der Waals surface area contributed by atoms with E-state index in [9.17, 15) is 14.7 Å². The molecule has 39 heavy (non-hydrogen) atoms. The Hall–Kier alpha value is -4.05. The number of rotatable bonds is 12. The van der Waals surface area contributed by atoms with Gasteiger partial charge in [-0.3, -0.25) is 9.59 Å². The minimum atomic E-state index is -0.577. The number of hydrogen-bond acceptors (Lipinski definition) is 7. The van der Waals surface area contributed by atoms with Gasteiger partial charge >= 0.3 is 0 Å². The summed E-state index contributed by atoms with van der Waals surface area (Å²) in [6.45, 7) is 5.39. The van der Waals surface area contributed by atoms with Crippen molar-refractivity contribution >= 4 is 40.4 Å². The summed E-state index contributed by atoms with van der Waals surface area (Å²) in [6, 6.07) is 18.4. The number of benzene rings is 2. The number of nitrogens with one attached hydrogen (secondary N) is 1. The van der Waals surface area contributed by atoms with E-state index in [4.69, 9.17) is 15.7 Å². The van der Waals surface area contributed by atoms with Gasteiger partial charge in [-0.05, 0) is 47.9 Å². The zero-order valence-corrected chi connectivity index (χ0v) is 23.2. The summed E-state index contributed by atoms with van der Waals surface area (Å²) in [5.74, 6) is 0.243. The molecule has 0 atom stereocenters. The second-order valence-corrected chi connectivity index (χ2v) is 10.6. The van der Waals surface area contributed by atoms with Gasteiger partial charge < -0.3 is 25.6 Å². The highest BCUT2D eigenvalue weighted by molar-refractivity contribution is 7.98. The van der Waals surface area contributed by atoms with Gasteiger partial charge in [0.1, 0.15) is 29.5 Å². The van der Waals surface area contributed by atoms with E-state index in [1.165, 1.54) is 16.7 Å². The van der Waals surface area contributed by atoms with Crippen LogP contribution < -0.4 is 11.1 Å². The molecule has 0 aliphatic heterocycles. The van der Waals surface area contributed by atoms with Crippen molar-refractivity contribution in [1.82, 2.24) is 19.4 Å². The van der Waals surface area contributed by atoms with Gasteiger partial charge in [0, 0.05) is 19.6 Å². The van der Waals surface area contributed by atoms with Crippen LogP contribution in [0.2, 0.25) is 0 Å². The minimum absolute atomic E-state index is 0.198. The smallest absolute Gasteiger partial charge is 0.271 e. The number of aromatic nitrogens is 3. The van der Waals surface area contributed by atoms with Crippen molar-refractivity contribution in [3.8, 4) is 5.75 Å². The first-order valence-corrected chi connectivity index (χ1v) is 14.1. The highest BCUT2D eigenvalue weighted by atomic mass is 32.2. The van der Waals surface area contributed by atoms with Gasteiger partial charge in [0.15, 0.2) is 5.16 Å². The van der Waals surface area contributed by atoms with E-state index in [2.05, 4.69) is 19.2 Å². The topological polar surface area (TPSA) is 126 Å². The molecule has 0 aliphatic carbocycles. The van der Waals surface area contributed by atoms with Gasteiger partial charge in [-0.15, -0.1) is 0 Å². The number of carbonyl (C=O) groups excluding carboxylic acids is 2. The van der Waals surface area contributed by atoms with E-state index in [1.807, 2.05) is 59.4 Å². The van der Waals surface area contributed by atoms with E-state index < -0.39 is 5.91 Å². The molecule has 0 bridgehead atoms. The van der Waals surface area contributed by atoms with Crippen LogP contribution >= 0.6 is 11.8 Å². The van der Waals surface area contributed by atoms with Crippen LogP contribution in [0.3, 0.4) is 0 Å². The molecule has 0 spiro atoms. The predicted octanol–water partition coefficient (Wildman–Crippen LogP) is 4.30. The molecule has 0 saturated heterocycles. The summed E-state index contributed by atoms with van der Waals surface area (Å²) in [5, 5.41) is 14.3. The standard InChI is InChI=1S/C29H34N6O3S/c1-19(2)16-35-24(28(38)34(18-25(30)37)17-21-7-5-4-6-8-21)15-23-26(32-29(39-3)33-27(23)35)31-14-13-20-9-11-22(36)12-10-20/h4-12,15,19,36H,13-14,16-18H2,1-3H3,(H2,30,37)(H,31,32,33). The van der Waals surface area contributed by atoms with E-state index in [0.717, 1.165) is 22.9 Å². The molecule has 2 aromatic carbocycles. The van der Waals surface area contributed by atoms with Crippen LogP contribution in [0, 0.1) is 5.92 Å². The zero-order valence-electron chi connectivity index (χ0n) is 22.4. The Balaban J connectivity index is 1.72. The number of fused-ring (bicyclic) bond motifs is 1. The average Bonchev–Trinajstić information content (AvgIpc) is 3.27. The number of nitrogens with zero attached hydrogens (tertiary/aromatic N) is 4. The van der Waals surface area contributed by atoms with Gasteiger partial charge in [-0.2, -0.15) is 0 Å². The van der Waals surface area contributed by atoms with Crippen molar-refractivity contribution in [3.05, 3.63) is 77.5 Å². The van der Waals surface area contributed by atoms with Crippen molar-refractivity contribution in [2.24, 2.45) is 11.7 Å². The number of anilines is 1. The lowest BCUT2D eigenvalue weighted by Crippen LogP contribution is -2.39. The molecule has 4 rings (SSSR count). The van der Waals surface area contributed by atoms with E-state index >= 15 is 0 Å². The maximum atomic E-state index is 14.0. The molecule has 2 heterocycles. The number of primary amides is 1. The summed E-state index contributed by atoms with van der Waals surface area (Å²) in [5.41, 5.74) is 8.62.